The third kappa shape index (κ3) is 6.17. The fourth-order valence-corrected chi connectivity index (χ4v) is 2.94. The van der Waals surface area contributed by atoms with Gasteiger partial charge in [-0.25, -0.2) is 0 Å². The number of nitrogens with zero attached hydrogens (tertiary/aromatic N) is 2. The zero-order valence-electron chi connectivity index (χ0n) is 16.9. The molecule has 1 atom stereocenters. The minimum atomic E-state index is -0.654. The number of hydrogen-bond acceptors (Lipinski definition) is 4. The van der Waals surface area contributed by atoms with Crippen molar-refractivity contribution in [3.63, 3.8) is 0 Å². The summed E-state index contributed by atoms with van der Waals surface area (Å²) in [5, 5.41) is 2.89. The highest BCUT2D eigenvalue weighted by molar-refractivity contribution is 5.87. The van der Waals surface area contributed by atoms with E-state index in [2.05, 4.69) is 10.3 Å². The van der Waals surface area contributed by atoms with Gasteiger partial charge in [-0.15, -0.1) is 0 Å². The van der Waals surface area contributed by atoms with Gasteiger partial charge in [0.05, 0.1) is 0 Å². The van der Waals surface area contributed by atoms with Crippen molar-refractivity contribution in [3.8, 4) is 5.75 Å². The Labute approximate surface area is 176 Å². The number of nitrogens with one attached hydrogen (secondary N) is 1. The van der Waals surface area contributed by atoms with Crippen LogP contribution in [-0.2, 0) is 22.7 Å². The Morgan fingerprint density at radius 1 is 0.933 bits per heavy atom. The van der Waals surface area contributed by atoms with Crippen LogP contribution in [0.25, 0.3) is 0 Å². The number of aromatic nitrogens is 1. The second-order valence-corrected chi connectivity index (χ2v) is 6.86. The molecule has 3 aromatic rings. The Balaban J connectivity index is 1.67. The lowest BCUT2D eigenvalue weighted by molar-refractivity contribution is -0.142. The molecule has 6 nitrogen and oxygen atoms in total. The molecule has 154 valence electrons. The second kappa shape index (κ2) is 10.8. The molecule has 0 saturated carbocycles. The maximum absolute atomic E-state index is 13.0. The van der Waals surface area contributed by atoms with E-state index in [1.54, 1.807) is 36.4 Å². The minimum absolute atomic E-state index is 0.140. The number of rotatable bonds is 9. The van der Waals surface area contributed by atoms with E-state index in [1.165, 1.54) is 0 Å². The van der Waals surface area contributed by atoms with E-state index in [1.807, 2.05) is 60.7 Å². The van der Waals surface area contributed by atoms with E-state index >= 15 is 0 Å². The highest BCUT2D eigenvalue weighted by Gasteiger charge is 2.26. The van der Waals surface area contributed by atoms with Crippen LogP contribution in [0.5, 0.6) is 5.75 Å². The first-order valence-electron chi connectivity index (χ1n) is 9.81. The maximum Gasteiger partial charge on any atom is 0.261 e. The number of carbonyl (C=O) groups is 2. The Bertz CT molecular complexity index is 934. The minimum Gasteiger partial charge on any atom is -0.484 e. The van der Waals surface area contributed by atoms with Gasteiger partial charge in [0.15, 0.2) is 6.61 Å². The Morgan fingerprint density at radius 3 is 2.23 bits per heavy atom. The second-order valence-electron chi connectivity index (χ2n) is 6.86. The van der Waals surface area contributed by atoms with Gasteiger partial charge in [-0.1, -0.05) is 48.5 Å². The Hall–Kier alpha value is -3.67. The standard InChI is InChI=1S/C24H25N3O3/c1-19(24(29)26-16-20-12-14-25-15-13-20)27(17-21-8-4-2-5-9-21)23(28)18-30-22-10-6-3-7-11-22/h2-15,19H,16-18H2,1H3,(H,26,29). The molecule has 1 N–H and O–H groups in total. The van der Waals surface area contributed by atoms with Gasteiger partial charge in [-0.3, -0.25) is 14.6 Å². The van der Waals surface area contributed by atoms with Crippen molar-refractivity contribution in [3.05, 3.63) is 96.3 Å². The number of carbonyl (C=O) groups excluding carboxylic acids is 2. The number of amides is 2. The normalized spacial score (nSPS) is 11.4. The van der Waals surface area contributed by atoms with Crippen LogP contribution < -0.4 is 10.1 Å². The summed E-state index contributed by atoms with van der Waals surface area (Å²) in [6.07, 6.45) is 3.36. The molecule has 1 unspecified atom stereocenters. The third-order valence-electron chi connectivity index (χ3n) is 4.68. The molecule has 0 bridgehead atoms. The van der Waals surface area contributed by atoms with Crippen molar-refractivity contribution < 1.29 is 14.3 Å². The van der Waals surface area contributed by atoms with Gasteiger partial charge in [0, 0.05) is 25.5 Å². The van der Waals surface area contributed by atoms with Gasteiger partial charge in [-0.05, 0) is 42.3 Å². The van der Waals surface area contributed by atoms with E-state index in [4.69, 9.17) is 4.74 Å². The summed E-state index contributed by atoms with van der Waals surface area (Å²) in [7, 11) is 0. The van der Waals surface area contributed by atoms with E-state index in [0.29, 0.717) is 18.8 Å². The number of para-hydroxylation sites is 1. The van der Waals surface area contributed by atoms with Crippen molar-refractivity contribution in [1.29, 1.82) is 0 Å². The Morgan fingerprint density at radius 2 is 1.57 bits per heavy atom. The van der Waals surface area contributed by atoms with Crippen LogP contribution in [0, 0.1) is 0 Å². The van der Waals surface area contributed by atoms with E-state index in [-0.39, 0.29) is 18.4 Å². The van der Waals surface area contributed by atoms with E-state index < -0.39 is 6.04 Å². The molecule has 0 radical (unpaired) electrons. The first-order chi connectivity index (χ1) is 14.6. The molecular formula is C24H25N3O3. The lowest BCUT2D eigenvalue weighted by Crippen LogP contribution is -2.48. The molecule has 0 saturated heterocycles. The van der Waals surface area contributed by atoms with Crippen LogP contribution in [0.2, 0.25) is 0 Å². The number of hydrogen-bond donors (Lipinski definition) is 1. The molecule has 0 aliphatic carbocycles. The molecule has 6 heteroatoms. The van der Waals surface area contributed by atoms with Crippen LogP contribution in [0.4, 0.5) is 0 Å². The maximum atomic E-state index is 13.0. The fraction of sp³-hybridized carbons (Fsp3) is 0.208. The topological polar surface area (TPSA) is 71.5 Å². The third-order valence-corrected chi connectivity index (χ3v) is 4.68. The van der Waals surface area contributed by atoms with Crippen LogP contribution in [0.3, 0.4) is 0 Å². The average Bonchev–Trinajstić information content (AvgIpc) is 2.81. The van der Waals surface area contributed by atoms with Crippen LogP contribution in [0.1, 0.15) is 18.1 Å². The molecule has 0 fully saturated rings. The summed E-state index contributed by atoms with van der Waals surface area (Å²) >= 11 is 0. The molecule has 0 aliphatic heterocycles. The molecule has 3 rings (SSSR count). The largest absolute Gasteiger partial charge is 0.484 e. The summed E-state index contributed by atoms with van der Waals surface area (Å²) in [4.78, 5) is 31.2. The predicted octanol–water partition coefficient (Wildman–Crippen LogP) is 3.19. The summed E-state index contributed by atoms with van der Waals surface area (Å²) in [5.41, 5.74) is 1.89. The summed E-state index contributed by atoms with van der Waals surface area (Å²) in [6.45, 7) is 2.28. The summed E-state index contributed by atoms with van der Waals surface area (Å²) in [5.74, 6) is 0.130. The van der Waals surface area contributed by atoms with Crippen LogP contribution in [0.15, 0.2) is 85.2 Å². The number of ether oxygens (including phenoxy) is 1. The molecule has 0 spiro atoms. The first-order valence-corrected chi connectivity index (χ1v) is 9.81. The number of benzene rings is 2. The smallest absolute Gasteiger partial charge is 0.261 e. The zero-order chi connectivity index (χ0) is 21.2. The predicted molar refractivity (Wildman–Crippen MR) is 114 cm³/mol. The Kier molecular flexibility index (Phi) is 7.55. The van der Waals surface area contributed by atoms with Gasteiger partial charge < -0.3 is 15.0 Å². The fourth-order valence-electron chi connectivity index (χ4n) is 2.94. The molecule has 0 aliphatic rings. The molecule has 1 aromatic heterocycles. The summed E-state index contributed by atoms with van der Waals surface area (Å²) < 4.78 is 5.62. The van der Waals surface area contributed by atoms with Crippen molar-refractivity contribution in [2.75, 3.05) is 6.61 Å². The highest BCUT2D eigenvalue weighted by atomic mass is 16.5. The molecule has 2 amide bonds. The SMILES string of the molecule is CC(C(=O)NCc1ccncc1)N(Cc1ccccc1)C(=O)COc1ccccc1. The van der Waals surface area contributed by atoms with Crippen molar-refractivity contribution in [1.82, 2.24) is 15.2 Å². The first kappa shape index (κ1) is 21.0. The van der Waals surface area contributed by atoms with Crippen molar-refractivity contribution in [2.24, 2.45) is 0 Å². The van der Waals surface area contributed by atoms with E-state index in [9.17, 15) is 9.59 Å². The molecule has 30 heavy (non-hydrogen) atoms. The van der Waals surface area contributed by atoms with Gasteiger partial charge in [0.1, 0.15) is 11.8 Å². The average molecular weight is 403 g/mol. The molecular weight excluding hydrogens is 378 g/mol. The van der Waals surface area contributed by atoms with Gasteiger partial charge >= 0.3 is 0 Å². The quantitative estimate of drug-likeness (QED) is 0.596. The lowest BCUT2D eigenvalue weighted by Gasteiger charge is -2.28. The van der Waals surface area contributed by atoms with Crippen LogP contribution >= 0.6 is 0 Å². The summed E-state index contributed by atoms with van der Waals surface area (Å²) in [6, 6.07) is 21.8. The van der Waals surface area contributed by atoms with Gasteiger partial charge in [-0.2, -0.15) is 0 Å². The molecule has 2 aromatic carbocycles. The zero-order valence-corrected chi connectivity index (χ0v) is 16.9. The number of pyridine rings is 1. The van der Waals surface area contributed by atoms with Crippen molar-refractivity contribution in [2.45, 2.75) is 26.1 Å². The molecule has 1 heterocycles. The van der Waals surface area contributed by atoms with Crippen LogP contribution in [-0.4, -0.2) is 34.3 Å². The van der Waals surface area contributed by atoms with Crippen molar-refractivity contribution >= 4 is 11.8 Å². The lowest BCUT2D eigenvalue weighted by atomic mass is 10.1. The monoisotopic (exact) mass is 403 g/mol. The van der Waals surface area contributed by atoms with Gasteiger partial charge in [0.25, 0.3) is 5.91 Å². The highest BCUT2D eigenvalue weighted by Crippen LogP contribution is 2.12. The van der Waals surface area contributed by atoms with E-state index in [0.717, 1.165) is 11.1 Å². The van der Waals surface area contributed by atoms with Gasteiger partial charge in [0.2, 0.25) is 5.91 Å².